The van der Waals surface area contributed by atoms with Gasteiger partial charge in [-0.1, -0.05) is 6.42 Å². The summed E-state index contributed by atoms with van der Waals surface area (Å²) < 4.78 is 24.4. The van der Waals surface area contributed by atoms with Crippen LogP contribution in [0.5, 0.6) is 0 Å². The number of alkyl halides is 2. The molecule has 2 N–H and O–H groups in total. The van der Waals surface area contributed by atoms with E-state index in [9.17, 15) is 18.7 Å². The number of carbonyl (C=O) groups is 1. The summed E-state index contributed by atoms with van der Waals surface area (Å²) in [7, 11) is 3.30. The Morgan fingerprint density at radius 2 is 2.28 bits per heavy atom. The maximum absolute atomic E-state index is 12.2. The monoisotopic (exact) mass is 264 g/mol. The lowest BCUT2D eigenvalue weighted by atomic mass is 9.84. The van der Waals surface area contributed by atoms with E-state index in [1.807, 2.05) is 0 Å². The third-order valence-electron chi connectivity index (χ3n) is 3.96. The van der Waals surface area contributed by atoms with E-state index in [-0.39, 0.29) is 12.5 Å². The van der Waals surface area contributed by atoms with E-state index in [0.29, 0.717) is 19.4 Å². The van der Waals surface area contributed by atoms with Crippen LogP contribution in [-0.2, 0) is 4.79 Å². The smallest absolute Gasteiger partial charge is 0.324 e. The minimum atomic E-state index is -2.34. The lowest BCUT2D eigenvalue weighted by Gasteiger charge is -2.32. The van der Waals surface area contributed by atoms with Crippen molar-refractivity contribution in [1.82, 2.24) is 10.2 Å². The fourth-order valence-electron chi connectivity index (χ4n) is 2.89. The Morgan fingerprint density at radius 1 is 1.61 bits per heavy atom. The van der Waals surface area contributed by atoms with Gasteiger partial charge < -0.3 is 15.3 Å². The molecule has 0 aromatic rings. The highest BCUT2D eigenvalue weighted by molar-refractivity contribution is 5.79. The second-order valence-corrected chi connectivity index (χ2v) is 5.06. The van der Waals surface area contributed by atoms with Crippen LogP contribution in [0.3, 0.4) is 0 Å². The molecule has 18 heavy (non-hydrogen) atoms. The van der Waals surface area contributed by atoms with Gasteiger partial charge in [-0.25, -0.2) is 8.78 Å². The van der Waals surface area contributed by atoms with Crippen molar-refractivity contribution in [3.05, 3.63) is 0 Å². The molecule has 1 aliphatic carbocycles. The van der Waals surface area contributed by atoms with Crippen molar-refractivity contribution in [3.8, 4) is 0 Å². The number of nitrogens with zero attached hydrogens (tertiary/aromatic N) is 1. The first kappa shape index (κ1) is 15.3. The molecule has 0 bridgehead atoms. The maximum Gasteiger partial charge on any atom is 0.324 e. The van der Waals surface area contributed by atoms with Crippen molar-refractivity contribution in [2.45, 2.75) is 37.6 Å². The molecule has 0 aromatic carbocycles. The summed E-state index contributed by atoms with van der Waals surface area (Å²) in [4.78, 5) is 13.0. The van der Waals surface area contributed by atoms with Crippen molar-refractivity contribution in [1.29, 1.82) is 0 Å². The van der Waals surface area contributed by atoms with Crippen molar-refractivity contribution < 1.29 is 18.7 Å². The van der Waals surface area contributed by atoms with Gasteiger partial charge in [-0.15, -0.1) is 0 Å². The zero-order chi connectivity index (χ0) is 13.8. The summed E-state index contributed by atoms with van der Waals surface area (Å²) >= 11 is 0. The minimum absolute atomic E-state index is 0.0140. The van der Waals surface area contributed by atoms with Gasteiger partial charge in [0.1, 0.15) is 5.54 Å². The predicted octanol–water partition coefficient (Wildman–Crippen LogP) is 1.42. The molecule has 2 atom stereocenters. The van der Waals surface area contributed by atoms with E-state index in [1.165, 1.54) is 0 Å². The van der Waals surface area contributed by atoms with Crippen LogP contribution in [0, 0.1) is 5.92 Å². The Labute approximate surface area is 106 Å². The summed E-state index contributed by atoms with van der Waals surface area (Å²) in [5.74, 6) is -0.816. The van der Waals surface area contributed by atoms with Gasteiger partial charge in [0.25, 0.3) is 6.43 Å². The number of aliphatic carboxylic acids is 1. The minimum Gasteiger partial charge on any atom is -0.480 e. The third-order valence-corrected chi connectivity index (χ3v) is 3.96. The van der Waals surface area contributed by atoms with Crippen LogP contribution < -0.4 is 5.32 Å². The number of likely N-dealkylation sites (N-methyl/N-ethyl adjacent to an activating group) is 1. The Morgan fingerprint density at radius 3 is 2.78 bits per heavy atom. The lowest BCUT2D eigenvalue weighted by molar-refractivity contribution is -0.146. The molecule has 4 nitrogen and oxygen atoms in total. The van der Waals surface area contributed by atoms with E-state index >= 15 is 0 Å². The zero-order valence-corrected chi connectivity index (χ0v) is 11.0. The number of rotatable bonds is 7. The predicted molar refractivity (Wildman–Crippen MR) is 64.9 cm³/mol. The molecule has 0 radical (unpaired) electrons. The summed E-state index contributed by atoms with van der Waals surface area (Å²) in [5.41, 5.74) is -0.869. The molecule has 0 amide bonds. The molecular formula is C12H22F2N2O2. The highest BCUT2D eigenvalue weighted by Gasteiger charge is 2.47. The normalized spacial score (nSPS) is 28.2. The van der Waals surface area contributed by atoms with E-state index in [2.05, 4.69) is 5.32 Å². The van der Waals surface area contributed by atoms with Crippen molar-refractivity contribution in [2.24, 2.45) is 5.92 Å². The number of carboxylic acids is 1. The van der Waals surface area contributed by atoms with Gasteiger partial charge in [0.05, 0.1) is 6.54 Å². The summed E-state index contributed by atoms with van der Waals surface area (Å²) in [6.45, 7) is 0.248. The van der Waals surface area contributed by atoms with Gasteiger partial charge in [0, 0.05) is 0 Å². The summed E-state index contributed by atoms with van der Waals surface area (Å²) in [6, 6.07) is 0. The molecule has 1 saturated carbocycles. The van der Waals surface area contributed by atoms with Crippen LogP contribution in [0.2, 0.25) is 0 Å². The van der Waals surface area contributed by atoms with Crippen LogP contribution in [0.25, 0.3) is 0 Å². The van der Waals surface area contributed by atoms with Gasteiger partial charge >= 0.3 is 5.97 Å². The van der Waals surface area contributed by atoms with Gasteiger partial charge in [0.15, 0.2) is 0 Å². The molecule has 0 saturated heterocycles. The van der Waals surface area contributed by atoms with Gasteiger partial charge in [-0.2, -0.15) is 0 Å². The molecule has 0 aromatic heterocycles. The standard InChI is InChI=1S/C12H22F2N2O2/c1-15-12(11(17)18)6-3-4-9(12)5-7-16(2)8-10(13)14/h9-10,15H,3-8H2,1-2H3,(H,17,18). The Kier molecular flexibility index (Phi) is 5.47. The molecule has 1 rings (SSSR count). The maximum atomic E-state index is 12.2. The van der Waals surface area contributed by atoms with E-state index in [0.717, 1.165) is 12.8 Å². The van der Waals surface area contributed by atoms with Crippen LogP contribution in [0.15, 0.2) is 0 Å². The van der Waals surface area contributed by atoms with Gasteiger partial charge in [0.2, 0.25) is 0 Å². The zero-order valence-electron chi connectivity index (χ0n) is 11.0. The third kappa shape index (κ3) is 3.38. The SMILES string of the molecule is CNC1(C(=O)O)CCCC1CCN(C)CC(F)F. The average molecular weight is 264 g/mol. The van der Waals surface area contributed by atoms with E-state index in [1.54, 1.807) is 19.0 Å². The van der Waals surface area contributed by atoms with Crippen molar-refractivity contribution >= 4 is 5.97 Å². The Hall–Kier alpha value is -0.750. The fraction of sp³-hybridized carbons (Fsp3) is 0.917. The number of carboxylic acid groups (broad SMARTS) is 1. The first-order chi connectivity index (χ1) is 8.42. The first-order valence-corrected chi connectivity index (χ1v) is 6.31. The van der Waals surface area contributed by atoms with Crippen molar-refractivity contribution in [2.75, 3.05) is 27.2 Å². The van der Waals surface area contributed by atoms with Crippen LogP contribution in [0.1, 0.15) is 25.7 Å². The van der Waals surface area contributed by atoms with Gasteiger partial charge in [-0.3, -0.25) is 4.79 Å². The molecule has 106 valence electrons. The first-order valence-electron chi connectivity index (χ1n) is 6.31. The number of hydrogen-bond donors (Lipinski definition) is 2. The number of halogens is 2. The molecule has 0 spiro atoms. The molecule has 6 heteroatoms. The molecule has 1 fully saturated rings. The van der Waals surface area contributed by atoms with E-state index in [4.69, 9.17) is 0 Å². The van der Waals surface area contributed by atoms with Crippen LogP contribution >= 0.6 is 0 Å². The molecule has 0 aliphatic heterocycles. The molecule has 0 heterocycles. The Balaban J connectivity index is 2.53. The highest BCUT2D eigenvalue weighted by atomic mass is 19.3. The average Bonchev–Trinajstić information content (AvgIpc) is 2.69. The largest absolute Gasteiger partial charge is 0.480 e. The Bertz CT molecular complexity index is 289. The summed E-state index contributed by atoms with van der Waals surface area (Å²) in [5, 5.41) is 12.3. The molecule has 1 aliphatic rings. The topological polar surface area (TPSA) is 52.6 Å². The second-order valence-electron chi connectivity index (χ2n) is 5.06. The molecule has 2 unspecified atom stereocenters. The second kappa shape index (κ2) is 6.43. The van der Waals surface area contributed by atoms with E-state index < -0.39 is 17.9 Å². The number of nitrogens with one attached hydrogen (secondary N) is 1. The van der Waals surface area contributed by atoms with Gasteiger partial charge in [-0.05, 0) is 45.8 Å². The molecular weight excluding hydrogens is 242 g/mol. The van der Waals surface area contributed by atoms with Crippen LogP contribution in [-0.4, -0.2) is 55.1 Å². The summed E-state index contributed by atoms with van der Waals surface area (Å²) in [6.07, 6.45) is 0.622. The number of hydrogen-bond acceptors (Lipinski definition) is 3. The fourth-order valence-corrected chi connectivity index (χ4v) is 2.89. The highest BCUT2D eigenvalue weighted by Crippen LogP contribution is 2.38. The van der Waals surface area contributed by atoms with Crippen LogP contribution in [0.4, 0.5) is 8.78 Å². The quantitative estimate of drug-likeness (QED) is 0.730. The van der Waals surface area contributed by atoms with Crippen molar-refractivity contribution in [3.63, 3.8) is 0 Å². The lowest BCUT2D eigenvalue weighted by Crippen LogP contribution is -2.53.